The summed E-state index contributed by atoms with van der Waals surface area (Å²) in [7, 11) is 0. The number of anilines is 1. The summed E-state index contributed by atoms with van der Waals surface area (Å²) >= 11 is 0. The Balaban J connectivity index is 1.33. The summed E-state index contributed by atoms with van der Waals surface area (Å²) in [6.45, 7) is 3.26. The summed E-state index contributed by atoms with van der Waals surface area (Å²) in [5, 5.41) is 3.54. The van der Waals surface area contributed by atoms with Crippen LogP contribution in [0.3, 0.4) is 0 Å². The van der Waals surface area contributed by atoms with Crippen LogP contribution in [0.25, 0.3) is 6.08 Å². The lowest BCUT2D eigenvalue weighted by Crippen LogP contribution is -2.31. The topological polar surface area (TPSA) is 38.3 Å². The standard InChI is InChI=1S/C25H37NO2/c1-2-28-25(27)18-15-20-13-16-23(17-14-20)26-19-6-5-9-22-11-7-10-21-8-3-4-12-24(21)22/h13-18,21-22,24,26H,2-12,19H2,1H3. The molecule has 1 N–H and O–H groups in total. The number of unbranched alkanes of at least 4 members (excludes halogenated alkanes) is 1. The minimum absolute atomic E-state index is 0.290. The molecule has 0 aliphatic heterocycles. The fourth-order valence-corrected chi connectivity index (χ4v) is 5.26. The van der Waals surface area contributed by atoms with Gasteiger partial charge in [-0.1, -0.05) is 63.5 Å². The molecule has 3 unspecified atom stereocenters. The normalized spacial score (nSPS) is 24.7. The van der Waals surface area contributed by atoms with E-state index in [0.29, 0.717) is 6.61 Å². The van der Waals surface area contributed by atoms with Gasteiger partial charge in [-0.3, -0.25) is 0 Å². The maximum absolute atomic E-state index is 11.4. The third-order valence-corrected chi connectivity index (χ3v) is 6.66. The zero-order valence-corrected chi connectivity index (χ0v) is 17.5. The van der Waals surface area contributed by atoms with Gasteiger partial charge in [0.15, 0.2) is 0 Å². The van der Waals surface area contributed by atoms with Crippen molar-refractivity contribution < 1.29 is 9.53 Å². The molecule has 28 heavy (non-hydrogen) atoms. The van der Waals surface area contributed by atoms with Crippen molar-refractivity contribution in [3.05, 3.63) is 35.9 Å². The van der Waals surface area contributed by atoms with Crippen molar-refractivity contribution >= 4 is 17.7 Å². The van der Waals surface area contributed by atoms with Gasteiger partial charge in [0.1, 0.15) is 0 Å². The van der Waals surface area contributed by atoms with Crippen LogP contribution in [0.15, 0.2) is 30.3 Å². The smallest absolute Gasteiger partial charge is 0.330 e. The molecule has 2 fully saturated rings. The number of benzene rings is 1. The number of esters is 1. The highest BCUT2D eigenvalue weighted by molar-refractivity contribution is 5.87. The molecule has 3 heteroatoms. The van der Waals surface area contributed by atoms with Crippen LogP contribution in [0.4, 0.5) is 5.69 Å². The minimum atomic E-state index is -0.290. The van der Waals surface area contributed by atoms with E-state index in [2.05, 4.69) is 17.4 Å². The van der Waals surface area contributed by atoms with Crippen LogP contribution in [-0.2, 0) is 9.53 Å². The van der Waals surface area contributed by atoms with Crippen molar-refractivity contribution in [2.75, 3.05) is 18.5 Å². The molecule has 3 nitrogen and oxygen atoms in total. The van der Waals surface area contributed by atoms with E-state index in [1.54, 1.807) is 6.08 Å². The molecule has 2 saturated carbocycles. The summed E-state index contributed by atoms with van der Waals surface area (Å²) in [5.74, 6) is 2.82. The summed E-state index contributed by atoms with van der Waals surface area (Å²) in [6, 6.07) is 8.23. The van der Waals surface area contributed by atoms with Crippen molar-refractivity contribution in [2.24, 2.45) is 17.8 Å². The van der Waals surface area contributed by atoms with Crippen LogP contribution in [0, 0.1) is 17.8 Å². The first-order valence-corrected chi connectivity index (χ1v) is 11.4. The Kier molecular flexibility index (Phi) is 8.44. The number of fused-ring (bicyclic) bond motifs is 1. The minimum Gasteiger partial charge on any atom is -0.463 e. The van der Waals surface area contributed by atoms with Crippen molar-refractivity contribution in [3.8, 4) is 0 Å². The molecular formula is C25H37NO2. The molecule has 3 rings (SSSR count). The monoisotopic (exact) mass is 383 g/mol. The van der Waals surface area contributed by atoms with Gasteiger partial charge in [-0.15, -0.1) is 0 Å². The van der Waals surface area contributed by atoms with E-state index in [0.717, 1.165) is 35.5 Å². The van der Waals surface area contributed by atoms with Gasteiger partial charge in [0.05, 0.1) is 6.61 Å². The van der Waals surface area contributed by atoms with E-state index >= 15 is 0 Å². The maximum atomic E-state index is 11.4. The summed E-state index contributed by atoms with van der Waals surface area (Å²) < 4.78 is 4.90. The third kappa shape index (κ3) is 6.39. The van der Waals surface area contributed by atoms with Crippen molar-refractivity contribution in [1.29, 1.82) is 0 Å². The number of nitrogens with one attached hydrogen (secondary N) is 1. The highest BCUT2D eigenvalue weighted by atomic mass is 16.5. The Bertz CT molecular complexity index is 620. The fraction of sp³-hybridized carbons (Fsp3) is 0.640. The molecule has 0 bridgehead atoms. The number of carbonyl (C=O) groups excluding carboxylic acids is 1. The summed E-state index contributed by atoms with van der Waals surface area (Å²) in [5.41, 5.74) is 2.16. The van der Waals surface area contributed by atoms with Gasteiger partial charge >= 0.3 is 5.97 Å². The first kappa shape index (κ1) is 21.0. The molecule has 2 aliphatic rings. The van der Waals surface area contributed by atoms with E-state index in [4.69, 9.17) is 4.74 Å². The van der Waals surface area contributed by atoms with Gasteiger partial charge in [-0.05, 0) is 61.3 Å². The highest BCUT2D eigenvalue weighted by Crippen LogP contribution is 2.45. The first-order valence-electron chi connectivity index (χ1n) is 11.4. The van der Waals surface area contributed by atoms with E-state index in [9.17, 15) is 4.79 Å². The maximum Gasteiger partial charge on any atom is 0.330 e. The van der Waals surface area contributed by atoms with E-state index in [1.165, 1.54) is 70.3 Å². The fourth-order valence-electron chi connectivity index (χ4n) is 5.26. The molecule has 154 valence electrons. The van der Waals surface area contributed by atoms with Crippen LogP contribution < -0.4 is 5.32 Å². The Morgan fingerprint density at radius 1 is 1.07 bits per heavy atom. The lowest BCUT2D eigenvalue weighted by molar-refractivity contribution is -0.137. The van der Waals surface area contributed by atoms with Gasteiger partial charge in [-0.25, -0.2) is 4.79 Å². The molecule has 3 atom stereocenters. The Hall–Kier alpha value is -1.77. The second-order valence-corrected chi connectivity index (χ2v) is 8.53. The second-order valence-electron chi connectivity index (χ2n) is 8.53. The molecular weight excluding hydrogens is 346 g/mol. The second kappa shape index (κ2) is 11.3. The van der Waals surface area contributed by atoms with Gasteiger partial charge in [0.25, 0.3) is 0 Å². The predicted octanol–water partition coefficient (Wildman–Crippen LogP) is 6.45. The van der Waals surface area contributed by atoms with Crippen LogP contribution in [0.2, 0.25) is 0 Å². The molecule has 2 aliphatic carbocycles. The van der Waals surface area contributed by atoms with Gasteiger partial charge in [0.2, 0.25) is 0 Å². The van der Waals surface area contributed by atoms with Crippen LogP contribution in [0.1, 0.15) is 76.7 Å². The SMILES string of the molecule is CCOC(=O)C=Cc1ccc(NCCCCC2CCCC3CCCCC23)cc1. The third-order valence-electron chi connectivity index (χ3n) is 6.66. The van der Waals surface area contributed by atoms with Gasteiger partial charge in [0, 0.05) is 18.3 Å². The van der Waals surface area contributed by atoms with Gasteiger partial charge < -0.3 is 10.1 Å². The van der Waals surface area contributed by atoms with Crippen LogP contribution in [-0.4, -0.2) is 19.1 Å². The lowest BCUT2D eigenvalue weighted by atomic mass is 9.64. The molecule has 0 heterocycles. The summed E-state index contributed by atoms with van der Waals surface area (Å²) in [4.78, 5) is 11.4. The van der Waals surface area contributed by atoms with E-state index in [1.807, 2.05) is 19.1 Å². The van der Waals surface area contributed by atoms with Crippen molar-refractivity contribution in [2.45, 2.75) is 71.1 Å². The predicted molar refractivity (Wildman–Crippen MR) is 117 cm³/mol. The average Bonchev–Trinajstić information content (AvgIpc) is 2.73. The summed E-state index contributed by atoms with van der Waals surface area (Å²) in [6.07, 6.45) is 17.7. The van der Waals surface area contributed by atoms with Crippen molar-refractivity contribution in [1.82, 2.24) is 0 Å². The first-order chi connectivity index (χ1) is 13.8. The molecule has 0 saturated heterocycles. The molecule has 0 radical (unpaired) electrons. The quantitative estimate of drug-likeness (QED) is 0.302. The highest BCUT2D eigenvalue weighted by Gasteiger charge is 2.34. The molecule has 1 aromatic rings. The molecule has 0 spiro atoms. The Labute approximate surface area is 170 Å². The number of carbonyl (C=O) groups is 1. The zero-order chi connectivity index (χ0) is 19.6. The van der Waals surface area contributed by atoms with Gasteiger partial charge in [-0.2, -0.15) is 0 Å². The van der Waals surface area contributed by atoms with Crippen LogP contribution >= 0.6 is 0 Å². The molecule has 0 amide bonds. The molecule has 0 aromatic heterocycles. The Morgan fingerprint density at radius 3 is 2.68 bits per heavy atom. The van der Waals surface area contributed by atoms with Crippen molar-refractivity contribution in [3.63, 3.8) is 0 Å². The Morgan fingerprint density at radius 2 is 1.86 bits per heavy atom. The number of rotatable bonds is 9. The lowest BCUT2D eigenvalue weighted by Gasteiger charge is -2.41. The molecule has 1 aromatic carbocycles. The van der Waals surface area contributed by atoms with E-state index < -0.39 is 0 Å². The number of hydrogen-bond acceptors (Lipinski definition) is 3. The average molecular weight is 384 g/mol. The zero-order valence-electron chi connectivity index (χ0n) is 17.5. The largest absolute Gasteiger partial charge is 0.463 e. The van der Waals surface area contributed by atoms with Crippen LogP contribution in [0.5, 0.6) is 0 Å². The number of hydrogen-bond donors (Lipinski definition) is 1. The number of ether oxygens (including phenoxy) is 1. The van der Waals surface area contributed by atoms with E-state index in [-0.39, 0.29) is 5.97 Å².